The maximum atomic E-state index is 12.0. The smallest absolute Gasteiger partial charge is 0.272 e. The molecule has 0 saturated carbocycles. The molecule has 0 amide bonds. The van der Waals surface area contributed by atoms with Gasteiger partial charge in [0.25, 0.3) is 0 Å². The number of aromatic nitrogens is 2. The summed E-state index contributed by atoms with van der Waals surface area (Å²) in [7, 11) is 0. The van der Waals surface area contributed by atoms with E-state index >= 15 is 0 Å². The van der Waals surface area contributed by atoms with Crippen molar-refractivity contribution in [2.24, 2.45) is 0 Å². The van der Waals surface area contributed by atoms with Crippen LogP contribution in [-0.4, -0.2) is 10.2 Å². The monoisotopic (exact) mass is 282 g/mol. The van der Waals surface area contributed by atoms with E-state index in [4.69, 9.17) is 0 Å². The van der Waals surface area contributed by atoms with E-state index in [-0.39, 0.29) is 0 Å². The molecule has 14 heavy (non-hydrogen) atoms. The third-order valence-electron chi connectivity index (χ3n) is 1.26. The second kappa shape index (κ2) is 3.14. The first-order valence-electron chi connectivity index (χ1n) is 3.02. The van der Waals surface area contributed by atoms with E-state index in [1.807, 2.05) is 0 Å². The van der Waals surface area contributed by atoms with Crippen LogP contribution in [0.5, 0.6) is 0 Å². The molecule has 1 N–H and O–H groups in total. The average molecular weight is 283 g/mol. The Morgan fingerprint density at radius 2 is 1.50 bits per heavy atom. The molecule has 0 unspecified atom stereocenters. The van der Waals surface area contributed by atoms with Crippen LogP contribution in [-0.2, 0) is 12.4 Å². The lowest BCUT2D eigenvalue weighted by Crippen LogP contribution is -2.08. The van der Waals surface area contributed by atoms with Crippen molar-refractivity contribution in [2.75, 3.05) is 0 Å². The third kappa shape index (κ3) is 2.02. The Morgan fingerprint density at radius 3 is 1.71 bits per heavy atom. The number of halogens is 7. The van der Waals surface area contributed by atoms with Crippen LogP contribution in [0.25, 0.3) is 0 Å². The van der Waals surface area contributed by atoms with E-state index in [2.05, 4.69) is 21.0 Å². The van der Waals surface area contributed by atoms with Gasteiger partial charge in [0.1, 0.15) is 0 Å². The highest BCUT2D eigenvalue weighted by molar-refractivity contribution is 9.10. The third-order valence-corrected chi connectivity index (χ3v) is 2.03. The lowest BCUT2D eigenvalue weighted by molar-refractivity contribution is -0.144. The van der Waals surface area contributed by atoms with E-state index in [0.717, 1.165) is 0 Å². The standard InChI is InChI=1S/C5HBrF6N2/c6-1-2(4(7,8)9)13-14-3(1)5(10,11)12/h(H,13,14). The maximum Gasteiger partial charge on any atom is 0.436 e. The molecule has 80 valence electrons. The molecule has 0 aliphatic rings. The Morgan fingerprint density at radius 1 is 1.00 bits per heavy atom. The normalized spacial score (nSPS) is 13.4. The molecular formula is C5HBrF6N2. The molecule has 0 saturated heterocycles. The Labute approximate surface area is 81.4 Å². The zero-order valence-corrected chi connectivity index (χ0v) is 7.68. The van der Waals surface area contributed by atoms with Gasteiger partial charge in [0.05, 0.1) is 4.47 Å². The number of alkyl halides is 6. The lowest BCUT2D eigenvalue weighted by atomic mass is 10.3. The molecule has 9 heteroatoms. The fourth-order valence-electron chi connectivity index (χ4n) is 0.704. The fraction of sp³-hybridized carbons (Fsp3) is 0.400. The summed E-state index contributed by atoms with van der Waals surface area (Å²) in [5.41, 5.74) is -3.17. The average Bonchev–Trinajstić information content (AvgIpc) is 2.26. The quantitative estimate of drug-likeness (QED) is 0.728. The second-order valence-electron chi connectivity index (χ2n) is 2.26. The van der Waals surface area contributed by atoms with Crippen LogP contribution in [0.3, 0.4) is 0 Å². The van der Waals surface area contributed by atoms with Crippen LogP contribution >= 0.6 is 15.9 Å². The fourth-order valence-corrected chi connectivity index (χ4v) is 1.33. The largest absolute Gasteiger partial charge is 0.436 e. The zero-order chi connectivity index (χ0) is 11.1. The van der Waals surface area contributed by atoms with Crippen LogP contribution in [0.1, 0.15) is 11.4 Å². The predicted molar refractivity (Wildman–Crippen MR) is 36.3 cm³/mol. The summed E-state index contributed by atoms with van der Waals surface area (Å²) in [5, 5.41) is 3.82. The molecule has 0 aliphatic carbocycles. The van der Waals surface area contributed by atoms with E-state index in [0.29, 0.717) is 0 Å². The molecule has 0 bridgehead atoms. The van der Waals surface area contributed by atoms with Crippen LogP contribution in [0.4, 0.5) is 26.3 Å². The predicted octanol–water partition coefficient (Wildman–Crippen LogP) is 3.21. The Balaban J connectivity index is 3.23. The zero-order valence-electron chi connectivity index (χ0n) is 6.09. The van der Waals surface area contributed by atoms with Crippen molar-refractivity contribution in [3.63, 3.8) is 0 Å². The Bertz CT molecular complexity index is 305. The summed E-state index contributed by atoms with van der Waals surface area (Å²) < 4.78 is 70.7. The summed E-state index contributed by atoms with van der Waals surface area (Å²) >= 11 is 2.19. The molecule has 0 spiro atoms. The minimum absolute atomic E-state index is 1.13. The minimum atomic E-state index is -4.92. The first kappa shape index (κ1) is 11.3. The van der Waals surface area contributed by atoms with Gasteiger partial charge in [-0.2, -0.15) is 31.4 Å². The molecule has 2 nitrogen and oxygen atoms in total. The van der Waals surface area contributed by atoms with E-state index in [1.54, 1.807) is 0 Å². The minimum Gasteiger partial charge on any atom is -0.272 e. The van der Waals surface area contributed by atoms with Crippen LogP contribution < -0.4 is 0 Å². The van der Waals surface area contributed by atoms with Crippen molar-refractivity contribution >= 4 is 15.9 Å². The number of hydrogen-bond acceptors (Lipinski definition) is 1. The highest BCUT2D eigenvalue weighted by Crippen LogP contribution is 2.40. The molecule has 1 aromatic heterocycles. The van der Waals surface area contributed by atoms with E-state index in [1.165, 1.54) is 5.10 Å². The van der Waals surface area contributed by atoms with Crippen molar-refractivity contribution in [2.45, 2.75) is 12.4 Å². The van der Waals surface area contributed by atoms with Crippen molar-refractivity contribution in [1.82, 2.24) is 10.2 Å². The number of H-pyrrole nitrogens is 1. The summed E-state index contributed by atoms with van der Waals surface area (Å²) in [4.78, 5) is 0. The number of hydrogen-bond donors (Lipinski definition) is 1. The van der Waals surface area contributed by atoms with Crippen molar-refractivity contribution < 1.29 is 26.3 Å². The van der Waals surface area contributed by atoms with Gasteiger partial charge in [0.2, 0.25) is 0 Å². The first-order chi connectivity index (χ1) is 6.14. The topological polar surface area (TPSA) is 28.7 Å². The molecule has 0 aromatic carbocycles. The molecule has 1 aromatic rings. The number of aromatic amines is 1. The van der Waals surface area contributed by atoms with Gasteiger partial charge in [0, 0.05) is 0 Å². The van der Waals surface area contributed by atoms with Gasteiger partial charge in [0.15, 0.2) is 11.4 Å². The molecule has 1 heterocycles. The summed E-state index contributed by atoms with van der Waals surface area (Å²) in [5.74, 6) is 0. The molecule has 0 atom stereocenters. The van der Waals surface area contributed by atoms with Gasteiger partial charge < -0.3 is 0 Å². The number of nitrogens with zero attached hydrogens (tertiary/aromatic N) is 1. The van der Waals surface area contributed by atoms with Gasteiger partial charge in [-0.25, -0.2) is 0 Å². The number of rotatable bonds is 0. The molecule has 1 rings (SSSR count). The maximum absolute atomic E-state index is 12.0. The SMILES string of the molecule is FC(F)(F)c1n[nH]c(C(F)(F)F)c1Br. The highest BCUT2D eigenvalue weighted by atomic mass is 79.9. The second-order valence-corrected chi connectivity index (χ2v) is 3.05. The van der Waals surface area contributed by atoms with E-state index < -0.39 is 28.2 Å². The van der Waals surface area contributed by atoms with Crippen LogP contribution in [0, 0.1) is 0 Å². The van der Waals surface area contributed by atoms with Crippen molar-refractivity contribution in [3.8, 4) is 0 Å². The highest BCUT2D eigenvalue weighted by Gasteiger charge is 2.43. The van der Waals surface area contributed by atoms with Gasteiger partial charge in [-0.3, -0.25) is 5.10 Å². The van der Waals surface area contributed by atoms with Gasteiger partial charge in [-0.1, -0.05) is 0 Å². The van der Waals surface area contributed by atoms with Gasteiger partial charge in [-0.15, -0.1) is 0 Å². The molecular weight excluding hydrogens is 282 g/mol. The van der Waals surface area contributed by atoms with Crippen molar-refractivity contribution in [3.05, 3.63) is 15.9 Å². The first-order valence-corrected chi connectivity index (χ1v) is 3.81. The van der Waals surface area contributed by atoms with Gasteiger partial charge >= 0.3 is 12.4 Å². The van der Waals surface area contributed by atoms with Crippen molar-refractivity contribution in [1.29, 1.82) is 0 Å². The molecule has 0 aliphatic heterocycles. The summed E-state index contributed by atoms with van der Waals surface area (Å²) in [6, 6.07) is 0. The molecule has 0 radical (unpaired) electrons. The summed E-state index contributed by atoms with van der Waals surface area (Å²) in [6.07, 6.45) is -9.81. The lowest BCUT2D eigenvalue weighted by Gasteiger charge is -2.04. The van der Waals surface area contributed by atoms with Gasteiger partial charge in [-0.05, 0) is 15.9 Å². The van der Waals surface area contributed by atoms with E-state index in [9.17, 15) is 26.3 Å². The Hall–Kier alpha value is -0.730. The molecule has 0 fully saturated rings. The van der Waals surface area contributed by atoms with Crippen LogP contribution in [0.15, 0.2) is 4.47 Å². The van der Waals surface area contributed by atoms with Crippen LogP contribution in [0.2, 0.25) is 0 Å². The Kier molecular flexibility index (Phi) is 2.55. The summed E-state index contributed by atoms with van der Waals surface area (Å²) in [6.45, 7) is 0. The number of nitrogens with one attached hydrogen (secondary N) is 1.